The van der Waals surface area contributed by atoms with Crippen molar-refractivity contribution in [3.8, 4) is 0 Å². The summed E-state index contributed by atoms with van der Waals surface area (Å²) in [5.41, 5.74) is 0.941. The standard InChI is InChI=1S/C20H11ClF3N3OS/c21-14-10-13(20(22,23)24)4-6-16(14)26-19-27-18(28)17(29-19)9-11-3-5-15-12(8-11)2-1-7-25-15/h1-10H,(H,26,27,28). The quantitative estimate of drug-likeness (QED) is 0.520. The van der Waals surface area contributed by atoms with Crippen LogP contribution in [0.5, 0.6) is 0 Å². The number of nitrogens with one attached hydrogen (secondary N) is 1. The number of rotatable bonds is 2. The van der Waals surface area contributed by atoms with E-state index in [0.717, 1.165) is 40.4 Å². The Morgan fingerprint density at radius 1 is 1.14 bits per heavy atom. The Kier molecular flexibility index (Phi) is 5.06. The summed E-state index contributed by atoms with van der Waals surface area (Å²) in [6, 6.07) is 12.2. The lowest BCUT2D eigenvalue weighted by molar-refractivity contribution is -0.137. The van der Waals surface area contributed by atoms with Crippen LogP contribution in [0.25, 0.3) is 17.0 Å². The number of nitrogens with zero attached hydrogens (tertiary/aromatic N) is 2. The van der Waals surface area contributed by atoms with Crippen molar-refractivity contribution in [3.05, 3.63) is 75.8 Å². The van der Waals surface area contributed by atoms with Gasteiger partial charge in [-0.15, -0.1) is 0 Å². The zero-order valence-electron chi connectivity index (χ0n) is 14.5. The van der Waals surface area contributed by atoms with Gasteiger partial charge in [-0.25, -0.2) is 4.99 Å². The second kappa shape index (κ2) is 7.53. The maximum atomic E-state index is 12.7. The number of benzene rings is 2. The normalized spacial score (nSPS) is 17.3. The molecule has 0 unspecified atom stereocenters. The summed E-state index contributed by atoms with van der Waals surface area (Å²) in [5, 5.41) is 3.62. The van der Waals surface area contributed by atoms with Gasteiger partial charge in [-0.1, -0.05) is 23.7 Å². The highest BCUT2D eigenvalue weighted by Gasteiger charge is 2.31. The maximum absolute atomic E-state index is 12.7. The number of carbonyl (C=O) groups is 1. The summed E-state index contributed by atoms with van der Waals surface area (Å²) >= 11 is 7.01. The SMILES string of the molecule is O=C1NC(=Nc2ccc(C(F)(F)F)cc2Cl)SC1=Cc1ccc2ncccc2c1. The molecule has 0 radical (unpaired) electrons. The van der Waals surface area contributed by atoms with Crippen LogP contribution >= 0.6 is 23.4 Å². The zero-order valence-corrected chi connectivity index (χ0v) is 16.1. The van der Waals surface area contributed by atoms with Gasteiger partial charge in [0.25, 0.3) is 5.91 Å². The predicted octanol–water partition coefficient (Wildman–Crippen LogP) is 5.80. The molecule has 0 atom stereocenters. The van der Waals surface area contributed by atoms with Crippen molar-refractivity contribution < 1.29 is 18.0 Å². The summed E-state index contributed by atoms with van der Waals surface area (Å²) in [4.78, 5) is 21.1. The summed E-state index contributed by atoms with van der Waals surface area (Å²) in [5.74, 6) is -0.344. The van der Waals surface area contributed by atoms with E-state index in [4.69, 9.17) is 11.6 Å². The first kappa shape index (κ1) is 19.5. The van der Waals surface area contributed by atoms with E-state index in [9.17, 15) is 18.0 Å². The third kappa shape index (κ3) is 4.28. The van der Waals surface area contributed by atoms with Crippen LogP contribution in [-0.4, -0.2) is 16.1 Å². The summed E-state index contributed by atoms with van der Waals surface area (Å²) in [6.07, 6.45) is -1.07. The molecule has 1 amide bonds. The van der Waals surface area contributed by atoms with Crippen molar-refractivity contribution >= 4 is 57.1 Å². The summed E-state index contributed by atoms with van der Waals surface area (Å²) in [7, 11) is 0. The van der Waals surface area contributed by atoms with E-state index in [1.807, 2.05) is 30.3 Å². The van der Waals surface area contributed by atoms with Gasteiger partial charge in [0.05, 0.1) is 26.7 Å². The molecular formula is C20H11ClF3N3OS. The molecular weight excluding hydrogens is 423 g/mol. The largest absolute Gasteiger partial charge is 0.416 e. The molecule has 0 saturated carbocycles. The minimum Gasteiger partial charge on any atom is -0.300 e. The molecule has 0 bridgehead atoms. The molecule has 1 fully saturated rings. The second-order valence-corrected chi connectivity index (χ2v) is 7.54. The first-order valence-electron chi connectivity index (χ1n) is 8.31. The van der Waals surface area contributed by atoms with Crippen molar-refractivity contribution in [2.45, 2.75) is 6.18 Å². The number of halogens is 4. The van der Waals surface area contributed by atoms with Crippen LogP contribution in [0, 0.1) is 0 Å². The lowest BCUT2D eigenvalue weighted by Crippen LogP contribution is -2.19. The number of hydrogen-bond acceptors (Lipinski definition) is 4. The Balaban J connectivity index is 1.59. The second-order valence-electron chi connectivity index (χ2n) is 6.10. The fourth-order valence-corrected chi connectivity index (χ4v) is 3.76. The molecule has 2 heterocycles. The topological polar surface area (TPSA) is 54.4 Å². The molecule has 2 aromatic carbocycles. The van der Waals surface area contributed by atoms with Crippen LogP contribution in [0.1, 0.15) is 11.1 Å². The predicted molar refractivity (Wildman–Crippen MR) is 109 cm³/mol. The van der Waals surface area contributed by atoms with Gasteiger partial charge >= 0.3 is 6.18 Å². The fraction of sp³-hybridized carbons (Fsp3) is 0.0500. The Hall–Kier alpha value is -2.84. The van der Waals surface area contributed by atoms with E-state index in [-0.39, 0.29) is 21.8 Å². The van der Waals surface area contributed by atoms with E-state index in [1.165, 1.54) is 6.07 Å². The van der Waals surface area contributed by atoms with E-state index < -0.39 is 11.7 Å². The zero-order chi connectivity index (χ0) is 20.6. The van der Waals surface area contributed by atoms with Crippen molar-refractivity contribution in [3.63, 3.8) is 0 Å². The van der Waals surface area contributed by atoms with Gasteiger partial charge in [-0.2, -0.15) is 13.2 Å². The number of hydrogen-bond donors (Lipinski definition) is 1. The molecule has 146 valence electrons. The third-order valence-corrected chi connectivity index (χ3v) is 5.29. The van der Waals surface area contributed by atoms with Crippen molar-refractivity contribution in [1.82, 2.24) is 10.3 Å². The molecule has 1 aliphatic rings. The number of thioether (sulfide) groups is 1. The van der Waals surface area contributed by atoms with Gasteiger partial charge in [0.2, 0.25) is 0 Å². The first-order valence-corrected chi connectivity index (χ1v) is 9.50. The average molecular weight is 434 g/mol. The van der Waals surface area contributed by atoms with Crippen molar-refractivity contribution in [1.29, 1.82) is 0 Å². The van der Waals surface area contributed by atoms with Gasteiger partial charge < -0.3 is 5.32 Å². The van der Waals surface area contributed by atoms with Crippen LogP contribution < -0.4 is 5.32 Å². The Labute approximate surface area is 172 Å². The van der Waals surface area contributed by atoms with E-state index in [2.05, 4.69) is 15.3 Å². The van der Waals surface area contributed by atoms with Gasteiger partial charge in [-0.05, 0) is 59.8 Å². The smallest absolute Gasteiger partial charge is 0.300 e. The Morgan fingerprint density at radius 3 is 2.72 bits per heavy atom. The molecule has 0 spiro atoms. The molecule has 0 aliphatic carbocycles. The highest BCUT2D eigenvalue weighted by molar-refractivity contribution is 8.18. The number of pyridine rings is 1. The molecule has 1 saturated heterocycles. The lowest BCUT2D eigenvalue weighted by atomic mass is 10.1. The first-order chi connectivity index (χ1) is 13.8. The van der Waals surface area contributed by atoms with E-state index in [1.54, 1.807) is 12.3 Å². The number of amides is 1. The van der Waals surface area contributed by atoms with E-state index in [0.29, 0.717) is 4.91 Å². The fourth-order valence-electron chi connectivity index (χ4n) is 2.70. The highest BCUT2D eigenvalue weighted by Crippen LogP contribution is 2.36. The minimum absolute atomic E-state index is 0.139. The van der Waals surface area contributed by atoms with Crippen LogP contribution in [-0.2, 0) is 11.0 Å². The van der Waals surface area contributed by atoms with E-state index >= 15 is 0 Å². The average Bonchev–Trinajstić information content (AvgIpc) is 3.01. The summed E-state index contributed by atoms with van der Waals surface area (Å²) in [6.45, 7) is 0. The Morgan fingerprint density at radius 2 is 1.97 bits per heavy atom. The molecule has 4 rings (SSSR count). The number of aromatic nitrogens is 1. The molecule has 1 aromatic heterocycles. The minimum atomic E-state index is -4.49. The number of aliphatic imine (C=N–C) groups is 1. The molecule has 4 nitrogen and oxygen atoms in total. The van der Waals surface area contributed by atoms with Crippen LogP contribution in [0.4, 0.5) is 18.9 Å². The number of alkyl halides is 3. The lowest BCUT2D eigenvalue weighted by Gasteiger charge is -2.07. The molecule has 3 aromatic rings. The van der Waals surface area contributed by atoms with Crippen molar-refractivity contribution in [2.75, 3.05) is 0 Å². The third-order valence-electron chi connectivity index (χ3n) is 4.07. The molecule has 9 heteroatoms. The molecule has 1 N–H and O–H groups in total. The highest BCUT2D eigenvalue weighted by atomic mass is 35.5. The van der Waals surface area contributed by atoms with Gasteiger partial charge in [-0.3, -0.25) is 9.78 Å². The molecule has 29 heavy (non-hydrogen) atoms. The number of fused-ring (bicyclic) bond motifs is 1. The maximum Gasteiger partial charge on any atom is 0.416 e. The van der Waals surface area contributed by atoms with Gasteiger partial charge in [0, 0.05) is 11.6 Å². The number of carbonyl (C=O) groups excluding carboxylic acids is 1. The number of amidine groups is 1. The van der Waals surface area contributed by atoms with Gasteiger partial charge in [0.15, 0.2) is 5.17 Å². The van der Waals surface area contributed by atoms with Crippen LogP contribution in [0.3, 0.4) is 0 Å². The molecule has 1 aliphatic heterocycles. The van der Waals surface area contributed by atoms with Gasteiger partial charge in [0.1, 0.15) is 0 Å². The Bertz CT molecular complexity index is 1190. The monoisotopic (exact) mass is 433 g/mol. The summed E-state index contributed by atoms with van der Waals surface area (Å²) < 4.78 is 38.2. The van der Waals surface area contributed by atoms with Crippen molar-refractivity contribution in [2.24, 2.45) is 4.99 Å². The van der Waals surface area contributed by atoms with Crippen LogP contribution in [0.15, 0.2) is 64.6 Å². The van der Waals surface area contributed by atoms with Crippen LogP contribution in [0.2, 0.25) is 5.02 Å².